The first kappa shape index (κ1) is 18.2. The minimum absolute atomic E-state index is 0.00466. The highest BCUT2D eigenvalue weighted by Gasteiger charge is 2.58. The van der Waals surface area contributed by atoms with E-state index in [0.717, 1.165) is 44.7 Å². The molecule has 1 aromatic heterocycles. The SMILES string of the molecule is COC(=O)C1(C(=O)NC2CCN(c3nccc(C4CCOCC4)n3)C2)CC1. The summed E-state index contributed by atoms with van der Waals surface area (Å²) in [7, 11) is 1.33. The van der Waals surface area contributed by atoms with E-state index in [2.05, 4.69) is 15.2 Å². The number of hydrogen-bond donors (Lipinski definition) is 1. The molecule has 1 unspecified atom stereocenters. The van der Waals surface area contributed by atoms with Crippen LogP contribution in [0.25, 0.3) is 0 Å². The first-order valence-electron chi connectivity index (χ1n) is 9.67. The van der Waals surface area contributed by atoms with Gasteiger partial charge in [-0.2, -0.15) is 0 Å². The Balaban J connectivity index is 1.37. The summed E-state index contributed by atoms with van der Waals surface area (Å²) in [6.07, 6.45) is 5.75. The molecule has 146 valence electrons. The molecule has 1 N–H and O–H groups in total. The number of amides is 1. The van der Waals surface area contributed by atoms with E-state index in [4.69, 9.17) is 14.5 Å². The van der Waals surface area contributed by atoms with Crippen molar-refractivity contribution in [3.63, 3.8) is 0 Å². The van der Waals surface area contributed by atoms with Crippen molar-refractivity contribution in [1.82, 2.24) is 15.3 Å². The summed E-state index contributed by atoms with van der Waals surface area (Å²) in [6, 6.07) is 1.98. The van der Waals surface area contributed by atoms with Gasteiger partial charge in [0.25, 0.3) is 0 Å². The lowest BCUT2D eigenvalue weighted by molar-refractivity contribution is -0.152. The monoisotopic (exact) mass is 374 g/mol. The fourth-order valence-corrected chi connectivity index (χ4v) is 3.96. The van der Waals surface area contributed by atoms with Crippen LogP contribution in [0, 0.1) is 5.41 Å². The number of aromatic nitrogens is 2. The third-order valence-corrected chi connectivity index (χ3v) is 5.87. The summed E-state index contributed by atoms with van der Waals surface area (Å²) in [6.45, 7) is 3.00. The predicted octanol–water partition coefficient (Wildman–Crippen LogP) is 1.02. The van der Waals surface area contributed by atoms with Gasteiger partial charge >= 0.3 is 5.97 Å². The van der Waals surface area contributed by atoms with Crippen LogP contribution in [0.5, 0.6) is 0 Å². The Labute approximate surface area is 158 Å². The van der Waals surface area contributed by atoms with Crippen molar-refractivity contribution >= 4 is 17.8 Å². The van der Waals surface area contributed by atoms with Crippen LogP contribution in [-0.4, -0.2) is 61.3 Å². The summed E-state index contributed by atoms with van der Waals surface area (Å²) < 4.78 is 10.2. The zero-order valence-electron chi connectivity index (χ0n) is 15.6. The normalized spacial score (nSPS) is 24.5. The van der Waals surface area contributed by atoms with Gasteiger partial charge < -0.3 is 19.7 Å². The minimum atomic E-state index is -0.957. The molecule has 0 spiro atoms. The van der Waals surface area contributed by atoms with E-state index in [9.17, 15) is 9.59 Å². The van der Waals surface area contributed by atoms with Gasteiger partial charge in [0, 0.05) is 50.2 Å². The number of nitrogens with one attached hydrogen (secondary N) is 1. The summed E-state index contributed by atoms with van der Waals surface area (Å²) >= 11 is 0. The third-order valence-electron chi connectivity index (χ3n) is 5.87. The number of carbonyl (C=O) groups is 2. The standard InChI is InChI=1S/C19H26N4O4/c1-26-17(25)19(6-7-19)16(24)21-14-3-9-23(12-14)18-20-8-2-15(22-18)13-4-10-27-11-5-13/h2,8,13-14H,3-7,9-12H2,1H3,(H,21,24). The fraction of sp³-hybridized carbons (Fsp3) is 0.684. The second-order valence-electron chi connectivity index (χ2n) is 7.65. The third kappa shape index (κ3) is 3.63. The van der Waals surface area contributed by atoms with Crippen LogP contribution < -0.4 is 10.2 Å². The Morgan fingerprint density at radius 2 is 2.07 bits per heavy atom. The molecule has 0 bridgehead atoms. The molecular formula is C19H26N4O4. The topological polar surface area (TPSA) is 93.7 Å². The molecule has 3 fully saturated rings. The van der Waals surface area contributed by atoms with Crippen molar-refractivity contribution in [1.29, 1.82) is 0 Å². The molecule has 1 aliphatic carbocycles. The minimum Gasteiger partial charge on any atom is -0.468 e. The van der Waals surface area contributed by atoms with E-state index < -0.39 is 11.4 Å². The van der Waals surface area contributed by atoms with Gasteiger partial charge in [-0.25, -0.2) is 9.97 Å². The zero-order valence-corrected chi connectivity index (χ0v) is 15.6. The first-order chi connectivity index (χ1) is 13.1. The summed E-state index contributed by atoms with van der Waals surface area (Å²) in [5, 5.41) is 3.02. The van der Waals surface area contributed by atoms with Crippen LogP contribution in [0.15, 0.2) is 12.3 Å². The molecule has 0 aromatic carbocycles. The van der Waals surface area contributed by atoms with Crippen LogP contribution >= 0.6 is 0 Å². The maximum Gasteiger partial charge on any atom is 0.321 e. The lowest BCUT2D eigenvalue weighted by atomic mass is 9.96. The molecule has 2 saturated heterocycles. The molecular weight excluding hydrogens is 348 g/mol. The van der Waals surface area contributed by atoms with Crippen molar-refractivity contribution in [3.05, 3.63) is 18.0 Å². The van der Waals surface area contributed by atoms with Crippen LogP contribution in [0.4, 0.5) is 5.95 Å². The molecule has 2 aliphatic heterocycles. The maximum atomic E-state index is 12.5. The molecule has 3 aliphatic rings. The molecule has 27 heavy (non-hydrogen) atoms. The number of esters is 1. The summed E-state index contributed by atoms with van der Waals surface area (Å²) in [4.78, 5) is 35.7. The lowest BCUT2D eigenvalue weighted by Gasteiger charge is -2.23. The Hall–Kier alpha value is -2.22. The number of hydrogen-bond acceptors (Lipinski definition) is 7. The molecule has 1 atom stereocenters. The molecule has 1 saturated carbocycles. The number of rotatable bonds is 5. The van der Waals surface area contributed by atoms with Crippen LogP contribution in [0.1, 0.15) is 43.7 Å². The van der Waals surface area contributed by atoms with E-state index in [0.29, 0.717) is 31.3 Å². The number of nitrogens with zero attached hydrogens (tertiary/aromatic N) is 3. The van der Waals surface area contributed by atoms with Crippen LogP contribution in [0.3, 0.4) is 0 Å². The fourth-order valence-electron chi connectivity index (χ4n) is 3.96. The Kier molecular flexibility index (Phi) is 4.99. The Bertz CT molecular complexity index is 715. The molecule has 8 heteroatoms. The second-order valence-corrected chi connectivity index (χ2v) is 7.65. The van der Waals surface area contributed by atoms with Crippen molar-refractivity contribution < 1.29 is 19.1 Å². The first-order valence-corrected chi connectivity index (χ1v) is 9.67. The van der Waals surface area contributed by atoms with E-state index in [1.54, 1.807) is 0 Å². The van der Waals surface area contributed by atoms with Crippen LogP contribution in [-0.2, 0) is 19.1 Å². The predicted molar refractivity (Wildman–Crippen MR) is 97.3 cm³/mol. The number of carbonyl (C=O) groups excluding carboxylic acids is 2. The van der Waals surface area contributed by atoms with Gasteiger partial charge in [0.15, 0.2) is 0 Å². The highest BCUT2D eigenvalue weighted by Crippen LogP contribution is 2.47. The van der Waals surface area contributed by atoms with Crippen molar-refractivity contribution in [2.45, 2.75) is 44.1 Å². The van der Waals surface area contributed by atoms with Gasteiger partial charge in [0.1, 0.15) is 5.41 Å². The largest absolute Gasteiger partial charge is 0.468 e. The molecule has 1 aromatic rings. The summed E-state index contributed by atoms with van der Waals surface area (Å²) in [5.41, 5.74) is 0.111. The molecule has 4 rings (SSSR count). The van der Waals surface area contributed by atoms with E-state index in [-0.39, 0.29) is 11.9 Å². The van der Waals surface area contributed by atoms with Gasteiger partial charge in [0.05, 0.1) is 7.11 Å². The van der Waals surface area contributed by atoms with Crippen molar-refractivity contribution in [2.24, 2.45) is 5.41 Å². The van der Waals surface area contributed by atoms with E-state index in [1.165, 1.54) is 7.11 Å². The summed E-state index contributed by atoms with van der Waals surface area (Å²) in [5.74, 6) is 0.499. The van der Waals surface area contributed by atoms with E-state index in [1.807, 2.05) is 12.3 Å². The highest BCUT2D eigenvalue weighted by atomic mass is 16.5. The number of anilines is 1. The van der Waals surface area contributed by atoms with Gasteiger partial charge in [-0.1, -0.05) is 0 Å². The quantitative estimate of drug-likeness (QED) is 0.607. The van der Waals surface area contributed by atoms with Gasteiger partial charge in [-0.05, 0) is 38.2 Å². The zero-order chi connectivity index (χ0) is 18.9. The van der Waals surface area contributed by atoms with Gasteiger partial charge in [0.2, 0.25) is 11.9 Å². The van der Waals surface area contributed by atoms with E-state index >= 15 is 0 Å². The van der Waals surface area contributed by atoms with Crippen LogP contribution in [0.2, 0.25) is 0 Å². The van der Waals surface area contributed by atoms with Crippen molar-refractivity contribution in [2.75, 3.05) is 38.3 Å². The smallest absolute Gasteiger partial charge is 0.321 e. The lowest BCUT2D eigenvalue weighted by Crippen LogP contribution is -2.44. The molecule has 3 heterocycles. The average molecular weight is 374 g/mol. The Morgan fingerprint density at radius 3 is 2.78 bits per heavy atom. The number of ether oxygens (including phenoxy) is 2. The van der Waals surface area contributed by atoms with Gasteiger partial charge in [-0.3, -0.25) is 9.59 Å². The van der Waals surface area contributed by atoms with Crippen molar-refractivity contribution in [3.8, 4) is 0 Å². The van der Waals surface area contributed by atoms with Gasteiger partial charge in [-0.15, -0.1) is 0 Å². The number of methoxy groups -OCH3 is 1. The molecule has 0 radical (unpaired) electrons. The second kappa shape index (κ2) is 7.42. The Morgan fingerprint density at radius 1 is 1.30 bits per heavy atom. The maximum absolute atomic E-state index is 12.5. The highest BCUT2D eigenvalue weighted by molar-refractivity contribution is 6.05. The average Bonchev–Trinajstić information content (AvgIpc) is 3.41. The molecule has 1 amide bonds. The molecule has 8 nitrogen and oxygen atoms in total.